The van der Waals surface area contributed by atoms with E-state index in [2.05, 4.69) is 17.0 Å². The zero-order chi connectivity index (χ0) is 29.3. The van der Waals surface area contributed by atoms with E-state index < -0.39 is 9.84 Å². The van der Waals surface area contributed by atoms with Gasteiger partial charge in [-0.3, -0.25) is 9.69 Å². The van der Waals surface area contributed by atoms with Gasteiger partial charge in [0.25, 0.3) is 0 Å². The molecule has 234 valence electrons. The molecule has 3 saturated heterocycles. The van der Waals surface area contributed by atoms with Crippen molar-refractivity contribution in [3.8, 4) is 0 Å². The van der Waals surface area contributed by atoms with Gasteiger partial charge in [-0.2, -0.15) is 0 Å². The van der Waals surface area contributed by atoms with Crippen LogP contribution in [-0.4, -0.2) is 86.7 Å². The lowest BCUT2D eigenvalue weighted by atomic mass is 9.77. The zero-order valence-corrected chi connectivity index (χ0v) is 26.7. The minimum atomic E-state index is -3.19. The number of ether oxygens (including phenoxy) is 1. The van der Waals surface area contributed by atoms with E-state index >= 15 is 0 Å². The van der Waals surface area contributed by atoms with Crippen molar-refractivity contribution in [3.05, 3.63) is 65.7 Å². The van der Waals surface area contributed by atoms with Gasteiger partial charge in [0.15, 0.2) is 9.84 Å². The quantitative estimate of drug-likeness (QED) is 0.441. The molecule has 2 amide bonds. The first kappa shape index (κ1) is 31.8. The number of amides is 2. The molecule has 0 radical (unpaired) electrons. The Morgan fingerprint density at radius 2 is 1.53 bits per heavy atom. The van der Waals surface area contributed by atoms with Crippen LogP contribution in [0, 0.1) is 11.3 Å². The monoisotopic (exact) mass is 629 g/mol. The second-order valence-corrected chi connectivity index (χ2v) is 15.0. The number of halogens is 1. The molecule has 2 aromatic rings. The van der Waals surface area contributed by atoms with Crippen molar-refractivity contribution in [1.82, 2.24) is 14.7 Å². The second-order valence-electron chi connectivity index (χ2n) is 13.0. The van der Waals surface area contributed by atoms with Crippen LogP contribution in [0.2, 0.25) is 0 Å². The van der Waals surface area contributed by atoms with E-state index in [1.165, 1.54) is 6.26 Å². The van der Waals surface area contributed by atoms with Gasteiger partial charge < -0.3 is 14.5 Å². The lowest BCUT2D eigenvalue weighted by molar-refractivity contribution is -0.137. The van der Waals surface area contributed by atoms with Crippen LogP contribution in [0.15, 0.2) is 59.5 Å². The fourth-order valence-electron chi connectivity index (χ4n) is 7.57. The molecule has 2 aromatic carbocycles. The molecule has 8 nitrogen and oxygen atoms in total. The van der Waals surface area contributed by atoms with Crippen molar-refractivity contribution in [2.45, 2.75) is 68.4 Å². The van der Waals surface area contributed by atoms with Crippen molar-refractivity contribution >= 4 is 34.2 Å². The number of hydrogen-bond acceptors (Lipinski definition) is 6. The Labute approximate surface area is 262 Å². The molecule has 2 atom stereocenters. The second kappa shape index (κ2) is 13.2. The van der Waals surface area contributed by atoms with Crippen LogP contribution in [0.1, 0.15) is 62.0 Å². The number of sulfone groups is 1. The van der Waals surface area contributed by atoms with E-state index in [1.807, 2.05) is 35.2 Å². The molecule has 1 spiro atoms. The fourth-order valence-corrected chi connectivity index (χ4v) is 8.20. The first-order valence-corrected chi connectivity index (χ1v) is 17.4. The summed E-state index contributed by atoms with van der Waals surface area (Å²) in [6.07, 6.45) is 8.16. The van der Waals surface area contributed by atoms with E-state index in [0.717, 1.165) is 88.8 Å². The summed E-state index contributed by atoms with van der Waals surface area (Å²) < 4.78 is 29.4. The molecule has 4 fully saturated rings. The number of rotatable bonds is 6. The van der Waals surface area contributed by atoms with Gasteiger partial charge in [0.05, 0.1) is 10.8 Å². The van der Waals surface area contributed by atoms with Gasteiger partial charge in [0, 0.05) is 51.4 Å². The van der Waals surface area contributed by atoms with Gasteiger partial charge in [-0.05, 0) is 80.2 Å². The maximum absolute atomic E-state index is 14.0. The highest BCUT2D eigenvalue weighted by molar-refractivity contribution is 7.90. The van der Waals surface area contributed by atoms with Crippen LogP contribution in [-0.2, 0) is 25.9 Å². The zero-order valence-electron chi connectivity index (χ0n) is 25.0. The molecule has 43 heavy (non-hydrogen) atoms. The maximum Gasteiger partial charge on any atom is 0.410 e. The summed E-state index contributed by atoms with van der Waals surface area (Å²) in [4.78, 5) is 33.7. The predicted molar refractivity (Wildman–Crippen MR) is 168 cm³/mol. The van der Waals surface area contributed by atoms with Crippen LogP contribution < -0.4 is 0 Å². The van der Waals surface area contributed by atoms with Gasteiger partial charge in [0.1, 0.15) is 6.10 Å². The summed E-state index contributed by atoms with van der Waals surface area (Å²) in [5.41, 5.74) is 2.45. The van der Waals surface area contributed by atoms with Crippen molar-refractivity contribution in [1.29, 1.82) is 0 Å². The molecule has 0 bridgehead atoms. The van der Waals surface area contributed by atoms with Crippen LogP contribution >= 0.6 is 12.4 Å². The normalized spacial score (nSPS) is 24.3. The largest absolute Gasteiger partial charge is 0.446 e. The summed E-state index contributed by atoms with van der Waals surface area (Å²) in [6, 6.07) is 17.4. The van der Waals surface area contributed by atoms with Crippen molar-refractivity contribution < 1.29 is 22.7 Å². The number of benzene rings is 2. The first-order chi connectivity index (χ1) is 20.2. The average molecular weight is 630 g/mol. The topological polar surface area (TPSA) is 87.2 Å². The smallest absolute Gasteiger partial charge is 0.410 e. The minimum Gasteiger partial charge on any atom is -0.446 e. The Balaban J connectivity index is 0.00000368. The molecule has 1 saturated carbocycles. The van der Waals surface area contributed by atoms with E-state index in [-0.39, 0.29) is 47.8 Å². The highest BCUT2D eigenvalue weighted by Gasteiger charge is 2.46. The van der Waals surface area contributed by atoms with Crippen molar-refractivity contribution in [3.63, 3.8) is 0 Å². The van der Waals surface area contributed by atoms with Crippen LogP contribution in [0.4, 0.5) is 4.79 Å². The average Bonchev–Trinajstić information content (AvgIpc) is 3.75. The third-order valence-corrected chi connectivity index (χ3v) is 11.2. The SMILES string of the molecule is CS(=O)(=O)c1ccc(CN2CCC3(CCN(C(=O)[C@@H]4CN(C(=O)OC5CCCC5)C[C@@H]4c4ccccc4)CC3)C2)cc1.Cl. The van der Waals surface area contributed by atoms with Crippen LogP contribution in [0.25, 0.3) is 0 Å². The summed E-state index contributed by atoms with van der Waals surface area (Å²) in [6.45, 7) is 5.25. The van der Waals surface area contributed by atoms with Crippen LogP contribution in [0.3, 0.4) is 0 Å². The first-order valence-electron chi connectivity index (χ1n) is 15.5. The Kier molecular flexibility index (Phi) is 9.73. The standard InChI is InChI=1S/C33H43N3O5S.ClH/c1-42(39,40)28-13-11-25(12-14-28)21-34-18-15-33(24-34)16-19-35(20-17-33)31(37)30-23-36(32(38)41-27-9-5-6-10-27)22-29(30)26-7-3-2-4-8-26;/h2-4,7-8,11-14,27,29-30H,5-6,9-10,15-24H2,1H3;1H/t29-,30-;/m1./s1. The predicted octanol–water partition coefficient (Wildman–Crippen LogP) is 5.12. The Hall–Kier alpha value is -2.62. The number of nitrogens with zero attached hydrogens (tertiary/aromatic N) is 3. The molecule has 3 heterocycles. The number of likely N-dealkylation sites (tertiary alicyclic amines) is 3. The minimum absolute atomic E-state index is 0. The molecule has 0 N–H and O–H groups in total. The van der Waals surface area contributed by atoms with Gasteiger partial charge in [-0.15, -0.1) is 12.4 Å². The fraction of sp³-hybridized carbons (Fsp3) is 0.576. The molecule has 3 aliphatic heterocycles. The van der Waals surface area contributed by atoms with E-state index in [9.17, 15) is 18.0 Å². The third-order valence-electron chi connectivity index (χ3n) is 10.1. The van der Waals surface area contributed by atoms with Gasteiger partial charge in [-0.25, -0.2) is 13.2 Å². The number of piperidine rings is 1. The van der Waals surface area contributed by atoms with E-state index in [1.54, 1.807) is 17.0 Å². The highest BCUT2D eigenvalue weighted by Crippen LogP contribution is 2.42. The van der Waals surface area contributed by atoms with E-state index in [0.29, 0.717) is 18.0 Å². The lowest BCUT2D eigenvalue weighted by Crippen LogP contribution is -2.47. The van der Waals surface area contributed by atoms with Gasteiger partial charge in [0.2, 0.25) is 5.91 Å². The molecule has 1 aliphatic carbocycles. The number of hydrogen-bond donors (Lipinski definition) is 0. The third kappa shape index (κ3) is 7.21. The van der Waals surface area contributed by atoms with Crippen molar-refractivity contribution in [2.24, 2.45) is 11.3 Å². The molecule has 10 heteroatoms. The maximum atomic E-state index is 14.0. The van der Waals surface area contributed by atoms with Crippen LogP contribution in [0.5, 0.6) is 0 Å². The summed E-state index contributed by atoms with van der Waals surface area (Å²) in [7, 11) is -3.19. The van der Waals surface area contributed by atoms with Gasteiger partial charge >= 0.3 is 6.09 Å². The number of carbonyl (C=O) groups excluding carboxylic acids is 2. The molecular weight excluding hydrogens is 586 g/mol. The van der Waals surface area contributed by atoms with Crippen molar-refractivity contribution in [2.75, 3.05) is 45.5 Å². The van der Waals surface area contributed by atoms with E-state index in [4.69, 9.17) is 4.74 Å². The lowest BCUT2D eigenvalue weighted by Gasteiger charge is -2.40. The molecule has 4 aliphatic rings. The summed E-state index contributed by atoms with van der Waals surface area (Å²) >= 11 is 0. The Morgan fingerprint density at radius 3 is 2.19 bits per heavy atom. The number of carbonyl (C=O) groups is 2. The Bertz CT molecular complexity index is 1370. The Morgan fingerprint density at radius 1 is 0.884 bits per heavy atom. The van der Waals surface area contributed by atoms with Gasteiger partial charge in [-0.1, -0.05) is 42.5 Å². The molecule has 0 aromatic heterocycles. The summed E-state index contributed by atoms with van der Waals surface area (Å²) in [5, 5.41) is 0. The molecule has 6 rings (SSSR count). The molecular formula is C33H44ClN3O5S. The molecule has 0 unspecified atom stereocenters. The summed E-state index contributed by atoms with van der Waals surface area (Å²) in [5.74, 6) is -0.120. The highest BCUT2D eigenvalue weighted by atomic mass is 35.5.